The van der Waals surface area contributed by atoms with Crippen LogP contribution in [0, 0.1) is 0 Å². The number of ether oxygens (including phenoxy) is 2. The van der Waals surface area contributed by atoms with Gasteiger partial charge in [0.25, 0.3) is 0 Å². The first-order chi connectivity index (χ1) is 13.7. The summed E-state index contributed by atoms with van der Waals surface area (Å²) in [4.78, 5) is 18.7. The lowest BCUT2D eigenvalue weighted by molar-refractivity contribution is -0.134. The van der Waals surface area contributed by atoms with Crippen LogP contribution in [0.5, 0.6) is 11.5 Å². The molecule has 1 atom stereocenters. The molecule has 5 heteroatoms. The number of carbonyl (C=O) groups is 1. The van der Waals surface area contributed by atoms with E-state index in [2.05, 4.69) is 23.2 Å². The van der Waals surface area contributed by atoms with E-state index in [0.717, 1.165) is 42.6 Å². The molecular weight excluding hydrogens is 352 g/mol. The molecular formula is C23H26N2O3. The lowest BCUT2D eigenvalue weighted by atomic mass is 9.98. The summed E-state index contributed by atoms with van der Waals surface area (Å²) >= 11 is 0. The first kappa shape index (κ1) is 18.4. The molecule has 4 rings (SSSR count). The second-order valence-electron chi connectivity index (χ2n) is 7.28. The highest BCUT2D eigenvalue weighted by atomic mass is 16.5. The van der Waals surface area contributed by atoms with Crippen LogP contribution in [0.4, 0.5) is 0 Å². The molecule has 146 valence electrons. The van der Waals surface area contributed by atoms with Crippen molar-refractivity contribution in [1.29, 1.82) is 0 Å². The van der Waals surface area contributed by atoms with E-state index in [1.807, 2.05) is 35.2 Å². The van der Waals surface area contributed by atoms with Crippen LogP contribution in [-0.4, -0.2) is 36.6 Å². The Kier molecular flexibility index (Phi) is 5.24. The normalized spacial score (nSPS) is 16.9. The van der Waals surface area contributed by atoms with Gasteiger partial charge in [0.05, 0.1) is 26.7 Å². The quantitative estimate of drug-likeness (QED) is 0.712. The largest absolute Gasteiger partial charge is 0.493 e. The molecule has 1 aliphatic heterocycles. The Hall–Kier alpha value is -2.95. The molecule has 1 aromatic heterocycles. The molecule has 1 fully saturated rings. The Morgan fingerprint density at radius 1 is 1.07 bits per heavy atom. The van der Waals surface area contributed by atoms with Crippen LogP contribution in [0.15, 0.2) is 48.5 Å². The van der Waals surface area contributed by atoms with E-state index in [0.29, 0.717) is 17.9 Å². The molecule has 1 aliphatic rings. The number of fused-ring (bicyclic) bond motifs is 1. The molecule has 0 radical (unpaired) electrons. The van der Waals surface area contributed by atoms with E-state index in [9.17, 15) is 4.79 Å². The number of nitrogens with zero attached hydrogens (tertiary/aromatic N) is 1. The van der Waals surface area contributed by atoms with Crippen molar-refractivity contribution < 1.29 is 14.3 Å². The average molecular weight is 378 g/mol. The summed E-state index contributed by atoms with van der Waals surface area (Å²) in [5, 5.41) is 1.19. The smallest absolute Gasteiger partial charge is 0.227 e. The number of methoxy groups -OCH3 is 2. The predicted octanol–water partition coefficient (Wildman–Crippen LogP) is 4.48. The van der Waals surface area contributed by atoms with Crippen molar-refractivity contribution >= 4 is 16.8 Å². The van der Waals surface area contributed by atoms with Crippen LogP contribution in [-0.2, 0) is 11.2 Å². The van der Waals surface area contributed by atoms with Crippen LogP contribution in [0.2, 0.25) is 0 Å². The van der Waals surface area contributed by atoms with E-state index >= 15 is 0 Å². The van der Waals surface area contributed by atoms with Gasteiger partial charge in [-0.1, -0.05) is 24.3 Å². The third kappa shape index (κ3) is 3.57. The average Bonchev–Trinajstić information content (AvgIpc) is 3.17. The number of hydrogen-bond acceptors (Lipinski definition) is 3. The van der Waals surface area contributed by atoms with Crippen LogP contribution in [0.25, 0.3) is 10.9 Å². The van der Waals surface area contributed by atoms with E-state index in [4.69, 9.17) is 9.47 Å². The summed E-state index contributed by atoms with van der Waals surface area (Å²) in [6.45, 7) is 0.798. The first-order valence-corrected chi connectivity index (χ1v) is 9.77. The fourth-order valence-electron chi connectivity index (χ4n) is 4.10. The Balaban J connectivity index is 1.56. The van der Waals surface area contributed by atoms with E-state index < -0.39 is 0 Å². The fraction of sp³-hybridized carbons (Fsp3) is 0.348. The van der Waals surface area contributed by atoms with Crippen LogP contribution in [0.3, 0.4) is 0 Å². The number of likely N-dealkylation sites (tertiary alicyclic amines) is 1. The minimum atomic E-state index is 0.105. The van der Waals surface area contributed by atoms with Crippen molar-refractivity contribution in [3.05, 3.63) is 59.8 Å². The summed E-state index contributed by atoms with van der Waals surface area (Å²) in [6.07, 6.45) is 3.54. The monoisotopic (exact) mass is 378 g/mol. The number of rotatable bonds is 5. The van der Waals surface area contributed by atoms with Gasteiger partial charge < -0.3 is 19.4 Å². The number of carbonyl (C=O) groups excluding carboxylic acids is 1. The van der Waals surface area contributed by atoms with Crippen LogP contribution in [0.1, 0.15) is 36.6 Å². The predicted molar refractivity (Wildman–Crippen MR) is 110 cm³/mol. The van der Waals surface area contributed by atoms with E-state index in [1.165, 1.54) is 5.39 Å². The summed E-state index contributed by atoms with van der Waals surface area (Å²) in [5.41, 5.74) is 3.18. The van der Waals surface area contributed by atoms with Gasteiger partial charge in [0.15, 0.2) is 11.5 Å². The number of hydrogen-bond donors (Lipinski definition) is 1. The molecule has 1 saturated heterocycles. The number of aromatic nitrogens is 1. The van der Waals surface area contributed by atoms with Crippen LogP contribution < -0.4 is 9.47 Å². The summed E-state index contributed by atoms with van der Waals surface area (Å²) < 4.78 is 10.7. The third-order valence-corrected chi connectivity index (χ3v) is 5.54. The minimum absolute atomic E-state index is 0.105. The third-order valence-electron chi connectivity index (χ3n) is 5.54. The Morgan fingerprint density at radius 2 is 1.89 bits per heavy atom. The second-order valence-corrected chi connectivity index (χ2v) is 7.28. The number of para-hydroxylation sites is 1. The summed E-state index contributed by atoms with van der Waals surface area (Å²) in [7, 11) is 3.22. The number of piperidine rings is 1. The highest BCUT2D eigenvalue weighted by Gasteiger charge is 2.29. The molecule has 0 spiro atoms. The van der Waals surface area contributed by atoms with Gasteiger partial charge in [-0.3, -0.25) is 4.79 Å². The molecule has 0 aliphatic carbocycles. The van der Waals surface area contributed by atoms with Gasteiger partial charge in [-0.15, -0.1) is 0 Å². The topological polar surface area (TPSA) is 54.6 Å². The van der Waals surface area contributed by atoms with Crippen molar-refractivity contribution in [2.24, 2.45) is 0 Å². The van der Waals surface area contributed by atoms with Crippen molar-refractivity contribution in [2.75, 3.05) is 20.8 Å². The summed E-state index contributed by atoms with van der Waals surface area (Å²) in [6, 6.07) is 16.2. The van der Waals surface area contributed by atoms with Gasteiger partial charge >= 0.3 is 0 Å². The van der Waals surface area contributed by atoms with E-state index in [1.54, 1.807) is 14.2 Å². The lowest BCUT2D eigenvalue weighted by Crippen LogP contribution is -2.39. The highest BCUT2D eigenvalue weighted by molar-refractivity contribution is 5.82. The molecule has 0 bridgehead atoms. The SMILES string of the molecule is COc1ccc(CC(=O)N2CCCCC2c2cc3ccccc3[nH]2)cc1OC. The molecule has 2 heterocycles. The minimum Gasteiger partial charge on any atom is -0.493 e. The Morgan fingerprint density at radius 3 is 2.68 bits per heavy atom. The maximum Gasteiger partial charge on any atom is 0.227 e. The lowest BCUT2D eigenvalue weighted by Gasteiger charge is -2.35. The second kappa shape index (κ2) is 7.97. The van der Waals surface area contributed by atoms with Gasteiger partial charge in [0.2, 0.25) is 5.91 Å². The molecule has 5 nitrogen and oxygen atoms in total. The zero-order chi connectivity index (χ0) is 19.5. The van der Waals surface area contributed by atoms with Gasteiger partial charge in [-0.05, 0) is 54.5 Å². The molecule has 28 heavy (non-hydrogen) atoms. The number of amides is 1. The number of H-pyrrole nitrogens is 1. The van der Waals surface area contributed by atoms with Gasteiger partial charge in [-0.2, -0.15) is 0 Å². The molecule has 3 aromatic rings. The summed E-state index contributed by atoms with van der Waals surface area (Å²) in [5.74, 6) is 1.47. The van der Waals surface area contributed by atoms with Crippen molar-refractivity contribution in [2.45, 2.75) is 31.7 Å². The molecule has 0 saturated carbocycles. The Bertz CT molecular complexity index is 946. The van der Waals surface area contributed by atoms with E-state index in [-0.39, 0.29) is 11.9 Å². The van der Waals surface area contributed by atoms with Crippen LogP contribution >= 0.6 is 0 Å². The van der Waals surface area contributed by atoms with Crippen molar-refractivity contribution in [1.82, 2.24) is 9.88 Å². The number of benzene rings is 2. The number of aromatic amines is 1. The zero-order valence-corrected chi connectivity index (χ0v) is 16.4. The maximum absolute atomic E-state index is 13.2. The molecule has 1 amide bonds. The highest BCUT2D eigenvalue weighted by Crippen LogP contribution is 2.33. The van der Waals surface area contributed by atoms with Gasteiger partial charge in [-0.25, -0.2) is 0 Å². The molecule has 1 unspecified atom stereocenters. The molecule has 1 N–H and O–H groups in total. The van der Waals surface area contributed by atoms with Crippen molar-refractivity contribution in [3.63, 3.8) is 0 Å². The van der Waals surface area contributed by atoms with Gasteiger partial charge in [0.1, 0.15) is 0 Å². The standard InChI is InChI=1S/C23H26N2O3/c1-27-21-11-10-16(13-22(21)28-2)14-23(26)25-12-6-5-9-20(25)19-15-17-7-3-4-8-18(17)24-19/h3-4,7-8,10-11,13,15,20,24H,5-6,9,12,14H2,1-2H3. The first-order valence-electron chi connectivity index (χ1n) is 9.77. The maximum atomic E-state index is 13.2. The zero-order valence-electron chi connectivity index (χ0n) is 16.4. The Labute approximate surface area is 165 Å². The fourth-order valence-corrected chi connectivity index (χ4v) is 4.10. The van der Waals surface area contributed by atoms with Gasteiger partial charge in [0, 0.05) is 17.8 Å². The van der Waals surface area contributed by atoms with Crippen molar-refractivity contribution in [3.8, 4) is 11.5 Å². The molecule has 2 aromatic carbocycles. The number of nitrogens with one attached hydrogen (secondary N) is 1.